The van der Waals surface area contributed by atoms with Gasteiger partial charge in [-0.2, -0.15) is 0 Å². The summed E-state index contributed by atoms with van der Waals surface area (Å²) in [5, 5.41) is 13.3. The van der Waals surface area contributed by atoms with Crippen molar-refractivity contribution >= 4 is 16.8 Å². The first-order chi connectivity index (χ1) is 8.31. The summed E-state index contributed by atoms with van der Waals surface area (Å²) in [6.45, 7) is 0.400. The van der Waals surface area contributed by atoms with E-state index in [1.54, 1.807) is 0 Å². The standard InChI is InChI=1S/C12H14N2O3/c13-12(14-16-7-3-6-15)11-8-9-4-1-2-5-10(9)17-11/h1-2,4-5,8,15H,3,6-7H2,(H2,13,14). The molecule has 0 aliphatic heterocycles. The Labute approximate surface area is 98.5 Å². The maximum atomic E-state index is 8.57. The van der Waals surface area contributed by atoms with E-state index >= 15 is 0 Å². The highest BCUT2D eigenvalue weighted by Gasteiger charge is 2.06. The molecule has 3 N–H and O–H groups in total. The van der Waals surface area contributed by atoms with E-state index < -0.39 is 0 Å². The fourth-order valence-corrected chi connectivity index (χ4v) is 1.40. The van der Waals surface area contributed by atoms with Gasteiger partial charge in [0, 0.05) is 18.4 Å². The van der Waals surface area contributed by atoms with E-state index in [2.05, 4.69) is 5.16 Å². The Morgan fingerprint density at radius 2 is 2.24 bits per heavy atom. The zero-order valence-electron chi connectivity index (χ0n) is 9.30. The largest absolute Gasteiger partial charge is 0.453 e. The molecule has 1 aromatic heterocycles. The lowest BCUT2D eigenvalue weighted by Crippen LogP contribution is -2.13. The van der Waals surface area contributed by atoms with Gasteiger partial charge in [0.25, 0.3) is 0 Å². The third-order valence-electron chi connectivity index (χ3n) is 2.23. The van der Waals surface area contributed by atoms with E-state index in [1.807, 2.05) is 30.3 Å². The van der Waals surface area contributed by atoms with Crippen LogP contribution in [-0.2, 0) is 4.84 Å². The van der Waals surface area contributed by atoms with Crippen molar-refractivity contribution in [3.05, 3.63) is 36.1 Å². The molecule has 0 radical (unpaired) electrons. The second-order valence-electron chi connectivity index (χ2n) is 3.54. The molecule has 0 bridgehead atoms. The zero-order valence-corrected chi connectivity index (χ0v) is 9.30. The number of hydrogen-bond acceptors (Lipinski definition) is 4. The monoisotopic (exact) mass is 234 g/mol. The number of nitrogens with zero attached hydrogens (tertiary/aromatic N) is 1. The lowest BCUT2D eigenvalue weighted by atomic mass is 10.2. The molecule has 5 heteroatoms. The molecule has 2 rings (SSSR count). The highest BCUT2D eigenvalue weighted by atomic mass is 16.6. The van der Waals surface area contributed by atoms with Crippen LogP contribution in [0.25, 0.3) is 11.0 Å². The fourth-order valence-electron chi connectivity index (χ4n) is 1.40. The molecule has 17 heavy (non-hydrogen) atoms. The number of rotatable bonds is 5. The first-order valence-electron chi connectivity index (χ1n) is 5.36. The quantitative estimate of drug-likeness (QED) is 0.355. The predicted molar refractivity (Wildman–Crippen MR) is 64.6 cm³/mol. The molecule has 0 aliphatic carbocycles. The summed E-state index contributed by atoms with van der Waals surface area (Å²) < 4.78 is 5.50. The third kappa shape index (κ3) is 2.76. The molecule has 1 aromatic carbocycles. The van der Waals surface area contributed by atoms with Crippen LogP contribution in [0.3, 0.4) is 0 Å². The number of aliphatic hydroxyl groups excluding tert-OH is 1. The summed E-state index contributed by atoms with van der Waals surface area (Å²) in [6.07, 6.45) is 0.525. The molecular weight excluding hydrogens is 220 g/mol. The van der Waals surface area contributed by atoms with Crippen LogP contribution >= 0.6 is 0 Å². The topological polar surface area (TPSA) is 81.0 Å². The molecule has 0 unspecified atom stereocenters. The van der Waals surface area contributed by atoms with Gasteiger partial charge >= 0.3 is 0 Å². The summed E-state index contributed by atoms with van der Waals surface area (Å²) in [5.74, 6) is 0.675. The Hall–Kier alpha value is -2.01. The third-order valence-corrected chi connectivity index (χ3v) is 2.23. The van der Waals surface area contributed by atoms with E-state index in [0.717, 1.165) is 11.0 Å². The number of benzene rings is 1. The van der Waals surface area contributed by atoms with Crippen molar-refractivity contribution in [2.75, 3.05) is 13.2 Å². The van der Waals surface area contributed by atoms with Crippen molar-refractivity contribution < 1.29 is 14.4 Å². The van der Waals surface area contributed by atoms with Gasteiger partial charge in [-0.1, -0.05) is 23.4 Å². The van der Waals surface area contributed by atoms with Crippen LogP contribution in [0.4, 0.5) is 0 Å². The zero-order chi connectivity index (χ0) is 12.1. The van der Waals surface area contributed by atoms with Gasteiger partial charge in [0.1, 0.15) is 12.2 Å². The lowest BCUT2D eigenvalue weighted by Gasteiger charge is -1.97. The summed E-state index contributed by atoms with van der Waals surface area (Å²) in [4.78, 5) is 4.93. The van der Waals surface area contributed by atoms with E-state index in [4.69, 9.17) is 20.1 Å². The van der Waals surface area contributed by atoms with E-state index in [0.29, 0.717) is 18.8 Å². The number of nitrogens with two attached hydrogens (primary N) is 1. The Bertz CT molecular complexity index is 486. The van der Waals surface area contributed by atoms with Gasteiger partial charge in [-0.05, 0) is 12.1 Å². The average Bonchev–Trinajstić information content (AvgIpc) is 2.78. The normalized spacial score (nSPS) is 11.9. The lowest BCUT2D eigenvalue weighted by molar-refractivity contribution is 0.123. The molecule has 0 saturated carbocycles. The smallest absolute Gasteiger partial charge is 0.206 e. The van der Waals surface area contributed by atoms with Crippen LogP contribution in [-0.4, -0.2) is 24.2 Å². The number of furan rings is 1. The van der Waals surface area contributed by atoms with Crippen molar-refractivity contribution in [3.8, 4) is 0 Å². The second kappa shape index (κ2) is 5.36. The molecule has 90 valence electrons. The summed E-state index contributed by atoms with van der Waals surface area (Å²) in [7, 11) is 0. The number of oxime groups is 1. The van der Waals surface area contributed by atoms with E-state index in [9.17, 15) is 0 Å². The van der Waals surface area contributed by atoms with Gasteiger partial charge in [-0.3, -0.25) is 0 Å². The molecular formula is C12H14N2O3. The molecule has 5 nitrogen and oxygen atoms in total. The molecule has 0 fully saturated rings. The molecule has 2 aromatic rings. The van der Waals surface area contributed by atoms with E-state index in [-0.39, 0.29) is 12.4 Å². The SMILES string of the molecule is N/C(=N/OCCCO)c1cc2ccccc2o1. The Morgan fingerprint density at radius 3 is 3.00 bits per heavy atom. The minimum Gasteiger partial charge on any atom is -0.453 e. The van der Waals surface area contributed by atoms with Gasteiger partial charge in [0.2, 0.25) is 5.84 Å². The molecule has 0 aliphatic rings. The first kappa shape index (κ1) is 11.5. The second-order valence-corrected chi connectivity index (χ2v) is 3.54. The summed E-state index contributed by atoms with van der Waals surface area (Å²) in [6, 6.07) is 9.41. The van der Waals surface area contributed by atoms with Gasteiger partial charge in [-0.25, -0.2) is 0 Å². The number of hydrogen-bond donors (Lipinski definition) is 2. The van der Waals surface area contributed by atoms with Crippen LogP contribution in [0.15, 0.2) is 39.9 Å². The first-order valence-corrected chi connectivity index (χ1v) is 5.36. The van der Waals surface area contributed by atoms with E-state index in [1.165, 1.54) is 0 Å². The van der Waals surface area contributed by atoms with Crippen molar-refractivity contribution in [1.82, 2.24) is 0 Å². The summed E-state index contributed by atoms with van der Waals surface area (Å²) >= 11 is 0. The maximum absolute atomic E-state index is 8.57. The van der Waals surface area contributed by atoms with Gasteiger partial charge in [0.15, 0.2) is 5.76 Å². The number of para-hydroxylation sites is 1. The number of fused-ring (bicyclic) bond motifs is 1. The highest BCUT2D eigenvalue weighted by Crippen LogP contribution is 2.18. The Balaban J connectivity index is 2.10. The highest BCUT2D eigenvalue weighted by molar-refractivity contribution is 5.98. The molecule has 0 amide bonds. The van der Waals surface area contributed by atoms with Crippen molar-refractivity contribution in [1.29, 1.82) is 0 Å². The average molecular weight is 234 g/mol. The Kier molecular flexibility index (Phi) is 3.62. The van der Waals surface area contributed by atoms with Crippen LogP contribution in [0.2, 0.25) is 0 Å². The van der Waals surface area contributed by atoms with Crippen LogP contribution < -0.4 is 5.73 Å². The number of amidine groups is 1. The van der Waals surface area contributed by atoms with Crippen molar-refractivity contribution in [3.63, 3.8) is 0 Å². The fraction of sp³-hybridized carbons (Fsp3) is 0.250. The van der Waals surface area contributed by atoms with Crippen molar-refractivity contribution in [2.24, 2.45) is 10.9 Å². The Morgan fingerprint density at radius 1 is 1.41 bits per heavy atom. The molecule has 1 heterocycles. The van der Waals surface area contributed by atoms with Crippen LogP contribution in [0, 0.1) is 0 Å². The molecule has 0 spiro atoms. The van der Waals surface area contributed by atoms with Crippen molar-refractivity contribution in [2.45, 2.75) is 6.42 Å². The predicted octanol–water partition coefficient (Wildman–Crippen LogP) is 1.45. The van der Waals surface area contributed by atoms with Crippen LogP contribution in [0.5, 0.6) is 0 Å². The maximum Gasteiger partial charge on any atom is 0.206 e. The minimum absolute atomic E-state index is 0.0695. The number of aliphatic hydroxyl groups is 1. The molecule has 0 atom stereocenters. The van der Waals surface area contributed by atoms with Gasteiger partial charge in [-0.15, -0.1) is 0 Å². The molecule has 0 saturated heterocycles. The van der Waals surface area contributed by atoms with Crippen LogP contribution in [0.1, 0.15) is 12.2 Å². The van der Waals surface area contributed by atoms with Gasteiger partial charge in [0.05, 0.1) is 0 Å². The summed E-state index contributed by atoms with van der Waals surface area (Å²) in [5.41, 5.74) is 6.47. The minimum atomic E-state index is 0.0695. The van der Waals surface area contributed by atoms with Gasteiger partial charge < -0.3 is 20.1 Å².